The van der Waals surface area contributed by atoms with Gasteiger partial charge < -0.3 is 14.2 Å². The van der Waals surface area contributed by atoms with Gasteiger partial charge in [-0.1, -0.05) is 25.1 Å². The van der Waals surface area contributed by atoms with E-state index in [0.717, 1.165) is 22.7 Å². The quantitative estimate of drug-likeness (QED) is 0.780. The van der Waals surface area contributed by atoms with Crippen LogP contribution in [0.5, 0.6) is 5.75 Å². The lowest BCUT2D eigenvalue weighted by Gasteiger charge is -2.09. The highest BCUT2D eigenvalue weighted by Gasteiger charge is 2.05. The van der Waals surface area contributed by atoms with Crippen LogP contribution in [-0.2, 0) is 6.61 Å². The average Bonchev–Trinajstić information content (AvgIpc) is 2.95. The number of nitrogens with zero attached hydrogens (tertiary/aromatic N) is 2. The lowest BCUT2D eigenvalue weighted by Crippen LogP contribution is -1.97. The number of benzene rings is 1. The van der Waals surface area contributed by atoms with Crippen molar-refractivity contribution in [2.75, 3.05) is 0 Å². The van der Waals surface area contributed by atoms with Crippen molar-refractivity contribution < 1.29 is 9.84 Å². The van der Waals surface area contributed by atoms with Gasteiger partial charge in [0.05, 0.1) is 11.8 Å². The number of aromatic nitrogens is 2. The Morgan fingerprint density at radius 2 is 2.00 bits per heavy atom. The van der Waals surface area contributed by atoms with E-state index in [-0.39, 0.29) is 0 Å². The number of fused-ring (bicyclic) bond motifs is 1. The third-order valence-electron chi connectivity index (χ3n) is 3.45. The van der Waals surface area contributed by atoms with E-state index < -0.39 is 6.10 Å². The van der Waals surface area contributed by atoms with E-state index in [0.29, 0.717) is 13.0 Å². The average molecular weight is 282 g/mol. The summed E-state index contributed by atoms with van der Waals surface area (Å²) in [6, 6.07) is 13.4. The van der Waals surface area contributed by atoms with E-state index in [2.05, 4.69) is 4.98 Å². The van der Waals surface area contributed by atoms with Crippen LogP contribution in [-0.4, -0.2) is 14.5 Å². The number of pyridine rings is 1. The monoisotopic (exact) mass is 282 g/mol. The van der Waals surface area contributed by atoms with Gasteiger partial charge in [-0.25, -0.2) is 4.98 Å². The first kappa shape index (κ1) is 13.6. The van der Waals surface area contributed by atoms with Gasteiger partial charge in [-0.3, -0.25) is 0 Å². The Morgan fingerprint density at radius 1 is 1.19 bits per heavy atom. The number of aliphatic hydroxyl groups excluding tert-OH is 1. The lowest BCUT2D eigenvalue weighted by atomic mass is 10.1. The zero-order valence-corrected chi connectivity index (χ0v) is 11.9. The predicted octanol–water partition coefficient (Wildman–Crippen LogP) is 3.36. The molecular formula is C17H18N2O2. The minimum absolute atomic E-state index is 0.405. The summed E-state index contributed by atoms with van der Waals surface area (Å²) in [5, 5.41) is 9.76. The summed E-state index contributed by atoms with van der Waals surface area (Å²) in [5.41, 5.74) is 2.72. The second-order valence-electron chi connectivity index (χ2n) is 4.98. The minimum Gasteiger partial charge on any atom is -0.487 e. The molecule has 1 atom stereocenters. The van der Waals surface area contributed by atoms with Crippen molar-refractivity contribution in [1.82, 2.24) is 9.38 Å². The van der Waals surface area contributed by atoms with Gasteiger partial charge in [0.2, 0.25) is 0 Å². The van der Waals surface area contributed by atoms with Crippen molar-refractivity contribution in [1.29, 1.82) is 0 Å². The summed E-state index contributed by atoms with van der Waals surface area (Å²) in [7, 11) is 0. The number of aliphatic hydroxyl groups is 1. The summed E-state index contributed by atoms with van der Waals surface area (Å²) in [6.07, 6.45) is 4.23. The SMILES string of the molecule is CC[C@@H](O)c1ccc(OCc2cn3ccccc3n2)cc1. The first-order valence-electron chi connectivity index (χ1n) is 7.09. The van der Waals surface area contributed by atoms with Gasteiger partial charge in [0.25, 0.3) is 0 Å². The largest absolute Gasteiger partial charge is 0.487 e. The summed E-state index contributed by atoms with van der Waals surface area (Å²) in [5.74, 6) is 0.777. The smallest absolute Gasteiger partial charge is 0.137 e. The molecule has 1 N–H and O–H groups in total. The fourth-order valence-electron chi connectivity index (χ4n) is 2.24. The van der Waals surface area contributed by atoms with E-state index in [4.69, 9.17) is 4.74 Å². The van der Waals surface area contributed by atoms with Crippen molar-refractivity contribution in [3.63, 3.8) is 0 Å². The molecule has 0 fully saturated rings. The van der Waals surface area contributed by atoms with Crippen molar-refractivity contribution in [2.24, 2.45) is 0 Å². The highest BCUT2D eigenvalue weighted by Crippen LogP contribution is 2.20. The van der Waals surface area contributed by atoms with Gasteiger partial charge in [-0.15, -0.1) is 0 Å². The summed E-state index contributed by atoms with van der Waals surface area (Å²) in [6.45, 7) is 2.38. The molecule has 0 amide bonds. The minimum atomic E-state index is -0.405. The molecule has 2 heterocycles. The number of hydrogen-bond donors (Lipinski definition) is 1. The second-order valence-corrected chi connectivity index (χ2v) is 4.98. The highest BCUT2D eigenvalue weighted by atomic mass is 16.5. The molecule has 4 nitrogen and oxygen atoms in total. The van der Waals surface area contributed by atoms with Crippen molar-refractivity contribution in [2.45, 2.75) is 26.1 Å². The standard InChI is InChI=1S/C17H18N2O2/c1-2-16(20)13-6-8-15(9-7-13)21-12-14-11-19-10-4-3-5-17(19)18-14/h3-11,16,20H,2,12H2,1H3/t16-/m1/s1. The molecule has 108 valence electrons. The van der Waals surface area contributed by atoms with E-state index >= 15 is 0 Å². The summed E-state index contributed by atoms with van der Waals surface area (Å²) in [4.78, 5) is 4.48. The van der Waals surface area contributed by atoms with Crippen molar-refractivity contribution in [3.05, 3.63) is 66.1 Å². The van der Waals surface area contributed by atoms with Gasteiger partial charge in [0, 0.05) is 12.4 Å². The van der Waals surface area contributed by atoms with Crippen LogP contribution in [0.1, 0.15) is 30.7 Å². The highest BCUT2D eigenvalue weighted by molar-refractivity contribution is 5.39. The van der Waals surface area contributed by atoms with Crippen LogP contribution in [0.2, 0.25) is 0 Å². The Balaban J connectivity index is 1.67. The van der Waals surface area contributed by atoms with Crippen LogP contribution in [0, 0.1) is 0 Å². The molecule has 21 heavy (non-hydrogen) atoms. The molecule has 0 aliphatic heterocycles. The predicted molar refractivity (Wildman–Crippen MR) is 81.2 cm³/mol. The topological polar surface area (TPSA) is 46.8 Å². The summed E-state index contributed by atoms with van der Waals surface area (Å²) >= 11 is 0. The van der Waals surface area contributed by atoms with E-state index in [9.17, 15) is 5.11 Å². The molecule has 0 saturated heterocycles. The van der Waals surface area contributed by atoms with Gasteiger partial charge in [-0.2, -0.15) is 0 Å². The van der Waals surface area contributed by atoms with Crippen LogP contribution in [0.25, 0.3) is 5.65 Å². The maximum Gasteiger partial charge on any atom is 0.137 e. The number of hydrogen-bond acceptors (Lipinski definition) is 3. The molecule has 4 heteroatoms. The Bertz CT molecular complexity index is 686. The van der Waals surface area contributed by atoms with Gasteiger partial charge in [-0.05, 0) is 36.2 Å². The molecule has 0 unspecified atom stereocenters. The first-order chi connectivity index (χ1) is 10.3. The molecule has 0 aliphatic rings. The van der Waals surface area contributed by atoms with Crippen molar-refractivity contribution >= 4 is 5.65 Å². The number of imidazole rings is 1. The fourth-order valence-corrected chi connectivity index (χ4v) is 2.24. The van der Waals surface area contributed by atoms with Crippen LogP contribution in [0.15, 0.2) is 54.9 Å². The van der Waals surface area contributed by atoms with Gasteiger partial charge in [0.1, 0.15) is 18.0 Å². The van der Waals surface area contributed by atoms with Crippen LogP contribution >= 0.6 is 0 Å². The van der Waals surface area contributed by atoms with Crippen LogP contribution < -0.4 is 4.74 Å². The van der Waals surface area contributed by atoms with E-state index in [1.807, 2.05) is 66.2 Å². The lowest BCUT2D eigenvalue weighted by molar-refractivity contribution is 0.173. The first-order valence-corrected chi connectivity index (χ1v) is 7.09. The molecule has 3 rings (SSSR count). The Morgan fingerprint density at radius 3 is 2.71 bits per heavy atom. The molecule has 3 aromatic rings. The van der Waals surface area contributed by atoms with Crippen LogP contribution in [0.4, 0.5) is 0 Å². The zero-order valence-electron chi connectivity index (χ0n) is 11.9. The number of rotatable bonds is 5. The van der Waals surface area contributed by atoms with E-state index in [1.54, 1.807) is 0 Å². The normalized spacial score (nSPS) is 12.5. The molecule has 0 aliphatic carbocycles. The third-order valence-corrected chi connectivity index (χ3v) is 3.45. The number of ether oxygens (including phenoxy) is 1. The van der Waals surface area contributed by atoms with Gasteiger partial charge in [0.15, 0.2) is 0 Å². The molecule has 0 spiro atoms. The third kappa shape index (κ3) is 3.06. The second kappa shape index (κ2) is 5.97. The molecule has 0 bridgehead atoms. The Hall–Kier alpha value is -2.33. The molecule has 1 aromatic carbocycles. The fraction of sp³-hybridized carbons (Fsp3) is 0.235. The Labute approximate surface area is 123 Å². The molecule has 0 saturated carbocycles. The molecular weight excluding hydrogens is 264 g/mol. The zero-order chi connectivity index (χ0) is 14.7. The maximum atomic E-state index is 9.76. The summed E-state index contributed by atoms with van der Waals surface area (Å²) < 4.78 is 7.70. The van der Waals surface area contributed by atoms with Crippen molar-refractivity contribution in [3.8, 4) is 5.75 Å². The van der Waals surface area contributed by atoms with E-state index in [1.165, 1.54) is 0 Å². The molecule has 2 aromatic heterocycles. The maximum absolute atomic E-state index is 9.76. The molecule has 0 radical (unpaired) electrons. The van der Waals surface area contributed by atoms with Crippen LogP contribution in [0.3, 0.4) is 0 Å². The Kier molecular flexibility index (Phi) is 3.88. The van der Waals surface area contributed by atoms with Gasteiger partial charge >= 0.3 is 0 Å².